The van der Waals surface area contributed by atoms with Crippen LogP contribution in [0.15, 0.2) is 6.33 Å². The number of aromatic nitrogens is 2. The first-order valence-electron chi connectivity index (χ1n) is 5.51. The molecule has 1 saturated heterocycles. The van der Waals surface area contributed by atoms with E-state index in [0.717, 1.165) is 6.42 Å². The van der Waals surface area contributed by atoms with Crippen LogP contribution in [0.2, 0.25) is 5.15 Å². The third kappa shape index (κ3) is 2.23. The Morgan fingerprint density at radius 3 is 2.89 bits per heavy atom. The van der Waals surface area contributed by atoms with Crippen LogP contribution < -0.4 is 4.90 Å². The quantitative estimate of drug-likeness (QED) is 0.473. The first kappa shape index (κ1) is 13.0. The van der Waals surface area contributed by atoms with Crippen LogP contribution in [0.5, 0.6) is 0 Å². The lowest BCUT2D eigenvalue weighted by Gasteiger charge is -2.27. The van der Waals surface area contributed by atoms with Gasteiger partial charge in [-0.3, -0.25) is 10.1 Å². The normalized spacial score (nSPS) is 23.1. The van der Waals surface area contributed by atoms with Crippen molar-refractivity contribution in [2.24, 2.45) is 0 Å². The van der Waals surface area contributed by atoms with Gasteiger partial charge in [-0.15, -0.1) is 0 Å². The van der Waals surface area contributed by atoms with Crippen molar-refractivity contribution in [2.45, 2.75) is 25.5 Å². The minimum absolute atomic E-state index is 0.00310. The van der Waals surface area contributed by atoms with Crippen molar-refractivity contribution in [3.8, 4) is 0 Å². The van der Waals surface area contributed by atoms with Crippen molar-refractivity contribution >= 4 is 23.1 Å². The van der Waals surface area contributed by atoms with E-state index < -0.39 is 4.92 Å². The number of ether oxygens (including phenoxy) is 1. The topological polar surface area (TPSA) is 81.4 Å². The molecule has 0 N–H and O–H groups in total. The summed E-state index contributed by atoms with van der Waals surface area (Å²) in [5.41, 5.74) is -0.263. The summed E-state index contributed by atoms with van der Waals surface area (Å²) >= 11 is 5.76. The number of anilines is 1. The molecule has 0 radical (unpaired) electrons. The summed E-state index contributed by atoms with van der Waals surface area (Å²) in [4.78, 5) is 19.8. The Bertz CT molecular complexity index is 470. The van der Waals surface area contributed by atoms with Crippen molar-refractivity contribution in [2.75, 3.05) is 18.6 Å². The first-order valence-corrected chi connectivity index (χ1v) is 5.89. The molecule has 0 aromatic carbocycles. The number of hydrogen-bond acceptors (Lipinski definition) is 6. The van der Waals surface area contributed by atoms with Crippen LogP contribution in [0.25, 0.3) is 0 Å². The summed E-state index contributed by atoms with van der Waals surface area (Å²) in [5.74, 6) is 0.224. The van der Waals surface area contributed by atoms with Crippen LogP contribution in [0.3, 0.4) is 0 Å². The average molecular weight is 273 g/mol. The second-order valence-electron chi connectivity index (χ2n) is 4.14. The van der Waals surface area contributed by atoms with E-state index in [1.165, 1.54) is 6.33 Å². The molecule has 0 saturated carbocycles. The Hall–Kier alpha value is -1.47. The average Bonchev–Trinajstić information content (AvgIpc) is 2.73. The standard InChI is InChI=1S/C10H13ClN4O3/c1-6-7(3-4-18-6)14(2)10-8(15(16)17)9(11)12-5-13-10/h5-7H,3-4H2,1-2H3. The number of nitro groups is 1. The fourth-order valence-corrected chi connectivity index (χ4v) is 2.35. The van der Waals surface area contributed by atoms with Crippen molar-refractivity contribution in [3.63, 3.8) is 0 Å². The summed E-state index contributed by atoms with van der Waals surface area (Å²) < 4.78 is 5.45. The molecule has 7 nitrogen and oxygen atoms in total. The molecule has 2 rings (SSSR count). The second-order valence-corrected chi connectivity index (χ2v) is 4.49. The van der Waals surface area contributed by atoms with Gasteiger partial charge in [0.15, 0.2) is 0 Å². The van der Waals surface area contributed by atoms with Gasteiger partial charge in [0.05, 0.1) is 17.1 Å². The number of nitrogens with zero attached hydrogens (tertiary/aromatic N) is 4. The van der Waals surface area contributed by atoms with Gasteiger partial charge in [0.1, 0.15) is 6.33 Å². The van der Waals surface area contributed by atoms with Gasteiger partial charge in [0.2, 0.25) is 11.0 Å². The zero-order valence-corrected chi connectivity index (χ0v) is 10.8. The van der Waals surface area contributed by atoms with Crippen LogP contribution in [-0.4, -0.2) is 40.7 Å². The number of halogens is 1. The zero-order chi connectivity index (χ0) is 13.3. The highest BCUT2D eigenvalue weighted by Crippen LogP contribution is 2.33. The summed E-state index contributed by atoms with van der Waals surface area (Å²) in [6.07, 6.45) is 2.03. The van der Waals surface area contributed by atoms with E-state index in [1.807, 2.05) is 6.92 Å². The number of rotatable bonds is 3. The first-order chi connectivity index (χ1) is 8.52. The molecule has 1 aliphatic rings. The van der Waals surface area contributed by atoms with E-state index >= 15 is 0 Å². The molecule has 2 unspecified atom stereocenters. The van der Waals surface area contributed by atoms with Crippen LogP contribution in [0.1, 0.15) is 13.3 Å². The van der Waals surface area contributed by atoms with Crippen molar-refractivity contribution < 1.29 is 9.66 Å². The molecule has 1 aliphatic heterocycles. The highest BCUT2D eigenvalue weighted by Gasteiger charge is 2.33. The van der Waals surface area contributed by atoms with E-state index in [0.29, 0.717) is 6.61 Å². The Labute approximate surface area is 109 Å². The monoisotopic (exact) mass is 272 g/mol. The van der Waals surface area contributed by atoms with E-state index in [2.05, 4.69) is 9.97 Å². The molecule has 0 bridgehead atoms. The molecular formula is C10H13ClN4O3. The molecule has 2 heterocycles. The molecule has 0 amide bonds. The van der Waals surface area contributed by atoms with E-state index in [-0.39, 0.29) is 28.8 Å². The summed E-state index contributed by atoms with van der Waals surface area (Å²) in [6.45, 7) is 2.57. The molecule has 1 aromatic heterocycles. The molecule has 8 heteroatoms. The maximum absolute atomic E-state index is 11.0. The lowest BCUT2D eigenvalue weighted by molar-refractivity contribution is -0.384. The van der Waals surface area contributed by atoms with Gasteiger partial charge >= 0.3 is 5.69 Å². The zero-order valence-electron chi connectivity index (χ0n) is 10.0. The van der Waals surface area contributed by atoms with Gasteiger partial charge in [-0.05, 0) is 13.3 Å². The van der Waals surface area contributed by atoms with Crippen LogP contribution in [0, 0.1) is 10.1 Å². The lowest BCUT2D eigenvalue weighted by Crippen LogP contribution is -2.37. The van der Waals surface area contributed by atoms with Gasteiger partial charge in [0.25, 0.3) is 0 Å². The van der Waals surface area contributed by atoms with Gasteiger partial charge < -0.3 is 9.64 Å². The van der Waals surface area contributed by atoms with E-state index in [4.69, 9.17) is 16.3 Å². The van der Waals surface area contributed by atoms with E-state index in [1.54, 1.807) is 11.9 Å². The van der Waals surface area contributed by atoms with Crippen LogP contribution >= 0.6 is 11.6 Å². The smallest absolute Gasteiger partial charge is 0.348 e. The van der Waals surface area contributed by atoms with Crippen molar-refractivity contribution in [1.82, 2.24) is 9.97 Å². The molecular weight excluding hydrogens is 260 g/mol. The highest BCUT2D eigenvalue weighted by molar-refractivity contribution is 6.31. The summed E-state index contributed by atoms with van der Waals surface area (Å²) in [6, 6.07) is 0.0506. The molecule has 1 aromatic rings. The molecule has 98 valence electrons. The lowest BCUT2D eigenvalue weighted by atomic mass is 10.1. The fraction of sp³-hybridized carbons (Fsp3) is 0.600. The van der Waals surface area contributed by atoms with Gasteiger partial charge in [-0.1, -0.05) is 11.6 Å². The highest BCUT2D eigenvalue weighted by atomic mass is 35.5. The maximum atomic E-state index is 11.0. The molecule has 18 heavy (non-hydrogen) atoms. The van der Waals surface area contributed by atoms with Crippen molar-refractivity contribution in [3.05, 3.63) is 21.6 Å². The SMILES string of the molecule is CC1OCCC1N(C)c1ncnc(Cl)c1[N+](=O)[O-]. The second kappa shape index (κ2) is 5.03. The maximum Gasteiger partial charge on any atom is 0.348 e. The third-order valence-corrected chi connectivity index (χ3v) is 3.39. The Morgan fingerprint density at radius 2 is 2.33 bits per heavy atom. The van der Waals surface area contributed by atoms with Gasteiger partial charge in [-0.25, -0.2) is 9.97 Å². The molecule has 1 fully saturated rings. The summed E-state index contributed by atoms with van der Waals surface area (Å²) in [5, 5.41) is 10.9. The Morgan fingerprint density at radius 1 is 1.61 bits per heavy atom. The number of hydrogen-bond donors (Lipinski definition) is 0. The van der Waals surface area contributed by atoms with E-state index in [9.17, 15) is 10.1 Å². The van der Waals surface area contributed by atoms with Crippen LogP contribution in [0.4, 0.5) is 11.5 Å². The Kier molecular flexibility index (Phi) is 3.63. The third-order valence-electron chi connectivity index (χ3n) is 3.11. The molecule has 0 spiro atoms. The predicted molar refractivity (Wildman–Crippen MR) is 65.9 cm³/mol. The minimum atomic E-state index is -0.561. The molecule has 0 aliphatic carbocycles. The number of likely N-dealkylation sites (N-methyl/N-ethyl adjacent to an activating group) is 1. The van der Waals surface area contributed by atoms with Gasteiger partial charge in [-0.2, -0.15) is 0 Å². The van der Waals surface area contributed by atoms with Crippen LogP contribution in [-0.2, 0) is 4.74 Å². The minimum Gasteiger partial charge on any atom is -0.376 e. The van der Waals surface area contributed by atoms with Gasteiger partial charge in [0, 0.05) is 13.7 Å². The van der Waals surface area contributed by atoms with Crippen molar-refractivity contribution in [1.29, 1.82) is 0 Å². The molecule has 2 atom stereocenters. The fourth-order valence-electron chi connectivity index (χ4n) is 2.15. The largest absolute Gasteiger partial charge is 0.376 e. The summed E-state index contributed by atoms with van der Waals surface area (Å²) in [7, 11) is 1.75. The predicted octanol–water partition coefficient (Wildman–Crippen LogP) is 1.65. The Balaban J connectivity index is 2.38.